The maximum absolute atomic E-state index is 11.7. The summed E-state index contributed by atoms with van der Waals surface area (Å²) in [5.41, 5.74) is 0.385. The molecule has 1 amide bonds. The van der Waals surface area contributed by atoms with Gasteiger partial charge in [-0.3, -0.25) is 4.79 Å². The van der Waals surface area contributed by atoms with E-state index in [0.29, 0.717) is 13.0 Å². The Hall–Kier alpha value is -2.15. The molecule has 0 aliphatic carbocycles. The van der Waals surface area contributed by atoms with Crippen LogP contribution in [0.1, 0.15) is 38.6 Å². The molecule has 0 unspecified atom stereocenters. The van der Waals surface area contributed by atoms with Crippen LogP contribution in [0.5, 0.6) is 0 Å². The first-order valence-electron chi connectivity index (χ1n) is 7.80. The van der Waals surface area contributed by atoms with Crippen molar-refractivity contribution in [2.75, 3.05) is 6.54 Å². The first-order valence-corrected chi connectivity index (χ1v) is 8.62. The number of amides is 1. The number of benzene rings is 1. The van der Waals surface area contributed by atoms with Gasteiger partial charge in [0, 0.05) is 13.0 Å². The molecule has 0 atom stereocenters. The Bertz CT molecular complexity index is 673. The lowest BCUT2D eigenvalue weighted by Crippen LogP contribution is -2.33. The lowest BCUT2D eigenvalue weighted by atomic mass is 10.2. The Kier molecular flexibility index (Phi) is 6.14. The number of para-hydroxylation sites is 1. The predicted molar refractivity (Wildman–Crippen MR) is 92.9 cm³/mol. The topological polar surface area (TPSA) is 77.5 Å². The van der Waals surface area contributed by atoms with Crippen molar-refractivity contribution in [3.63, 3.8) is 0 Å². The van der Waals surface area contributed by atoms with Crippen LogP contribution in [0.25, 0.3) is 10.2 Å². The van der Waals surface area contributed by atoms with Gasteiger partial charge in [-0.2, -0.15) is 0 Å². The molecule has 6 nitrogen and oxygen atoms in total. The number of aromatic nitrogens is 1. The third-order valence-electron chi connectivity index (χ3n) is 2.92. The summed E-state index contributed by atoms with van der Waals surface area (Å²) in [4.78, 5) is 27.6. The molecular weight excluding hydrogens is 328 g/mol. The molecule has 24 heavy (non-hydrogen) atoms. The molecule has 0 aliphatic heterocycles. The van der Waals surface area contributed by atoms with Crippen molar-refractivity contribution < 1.29 is 19.1 Å². The standard InChI is InChI=1S/C17H22N2O4S/c1-17(2,3)23-16(21)18-10-6-9-15(20)22-11-14-19-12-7-4-5-8-13(12)24-14/h4-5,7-8H,6,9-11H2,1-3H3,(H,18,21). The van der Waals surface area contributed by atoms with Gasteiger partial charge in [0.1, 0.15) is 17.2 Å². The highest BCUT2D eigenvalue weighted by molar-refractivity contribution is 7.18. The summed E-state index contributed by atoms with van der Waals surface area (Å²) in [7, 11) is 0. The molecule has 1 heterocycles. The van der Waals surface area contributed by atoms with E-state index in [1.807, 2.05) is 24.3 Å². The summed E-state index contributed by atoms with van der Waals surface area (Å²) in [6, 6.07) is 7.80. The minimum Gasteiger partial charge on any atom is -0.458 e. The molecule has 7 heteroatoms. The summed E-state index contributed by atoms with van der Waals surface area (Å²) < 4.78 is 11.4. The summed E-state index contributed by atoms with van der Waals surface area (Å²) in [6.45, 7) is 5.94. The lowest BCUT2D eigenvalue weighted by molar-refractivity contribution is -0.145. The van der Waals surface area contributed by atoms with Crippen LogP contribution in [0.3, 0.4) is 0 Å². The minimum absolute atomic E-state index is 0.178. The number of nitrogens with one attached hydrogen (secondary N) is 1. The molecule has 0 bridgehead atoms. The molecule has 1 N–H and O–H groups in total. The number of carbonyl (C=O) groups is 2. The summed E-state index contributed by atoms with van der Waals surface area (Å²) >= 11 is 1.51. The molecule has 130 valence electrons. The van der Waals surface area contributed by atoms with Crippen molar-refractivity contribution in [1.29, 1.82) is 0 Å². The van der Waals surface area contributed by atoms with E-state index in [4.69, 9.17) is 9.47 Å². The van der Waals surface area contributed by atoms with Crippen LogP contribution < -0.4 is 5.32 Å². The third-order valence-corrected chi connectivity index (χ3v) is 3.93. The highest BCUT2D eigenvalue weighted by Gasteiger charge is 2.15. The lowest BCUT2D eigenvalue weighted by Gasteiger charge is -2.19. The summed E-state index contributed by atoms with van der Waals surface area (Å²) in [6.07, 6.45) is 0.254. The zero-order valence-corrected chi connectivity index (χ0v) is 14.9. The zero-order chi connectivity index (χ0) is 17.6. The molecule has 2 rings (SSSR count). The number of rotatable bonds is 6. The number of alkyl carbamates (subject to hydrolysis) is 1. The quantitative estimate of drug-likeness (QED) is 0.636. The monoisotopic (exact) mass is 350 g/mol. The van der Waals surface area contributed by atoms with E-state index < -0.39 is 11.7 Å². The number of esters is 1. The van der Waals surface area contributed by atoms with Gasteiger partial charge in [-0.1, -0.05) is 12.1 Å². The average Bonchev–Trinajstić information content (AvgIpc) is 2.90. The third kappa shape index (κ3) is 6.16. The number of ether oxygens (including phenoxy) is 2. The summed E-state index contributed by atoms with van der Waals surface area (Å²) in [5, 5.41) is 3.38. The number of hydrogen-bond donors (Lipinski definition) is 1. The maximum atomic E-state index is 11.7. The fraction of sp³-hybridized carbons (Fsp3) is 0.471. The van der Waals surface area contributed by atoms with E-state index in [1.54, 1.807) is 20.8 Å². The van der Waals surface area contributed by atoms with E-state index in [0.717, 1.165) is 15.2 Å². The number of carbonyl (C=O) groups excluding carboxylic acids is 2. The Labute approximate surface area is 145 Å². The number of hydrogen-bond acceptors (Lipinski definition) is 6. The highest BCUT2D eigenvalue weighted by Crippen LogP contribution is 2.22. The van der Waals surface area contributed by atoms with Crippen molar-refractivity contribution in [3.05, 3.63) is 29.3 Å². The molecule has 1 aromatic heterocycles. The van der Waals surface area contributed by atoms with E-state index >= 15 is 0 Å². The second-order valence-electron chi connectivity index (χ2n) is 6.27. The minimum atomic E-state index is -0.528. The van der Waals surface area contributed by atoms with Gasteiger partial charge >= 0.3 is 12.1 Å². The Morgan fingerprint density at radius 1 is 1.25 bits per heavy atom. The van der Waals surface area contributed by atoms with Crippen LogP contribution in [-0.4, -0.2) is 29.2 Å². The van der Waals surface area contributed by atoms with Crippen LogP contribution in [0.2, 0.25) is 0 Å². The smallest absolute Gasteiger partial charge is 0.407 e. The first kappa shape index (κ1) is 18.2. The number of thiazole rings is 1. The SMILES string of the molecule is CC(C)(C)OC(=O)NCCCC(=O)OCc1nc2ccccc2s1. The van der Waals surface area contributed by atoms with Gasteiger partial charge in [0.15, 0.2) is 0 Å². The van der Waals surface area contributed by atoms with Gasteiger partial charge in [-0.15, -0.1) is 11.3 Å². The van der Waals surface area contributed by atoms with E-state index in [2.05, 4.69) is 10.3 Å². The molecule has 0 saturated heterocycles. The van der Waals surface area contributed by atoms with E-state index in [9.17, 15) is 9.59 Å². The van der Waals surface area contributed by atoms with Crippen LogP contribution >= 0.6 is 11.3 Å². The summed E-state index contributed by atoms with van der Waals surface area (Å²) in [5.74, 6) is -0.305. The van der Waals surface area contributed by atoms with Gasteiger partial charge in [0.2, 0.25) is 0 Å². The van der Waals surface area contributed by atoms with Crippen LogP contribution in [-0.2, 0) is 20.9 Å². The normalized spacial score (nSPS) is 11.3. The molecule has 0 spiro atoms. The molecule has 1 aromatic carbocycles. The second-order valence-corrected chi connectivity index (χ2v) is 7.38. The number of nitrogens with zero attached hydrogens (tertiary/aromatic N) is 1. The molecule has 0 radical (unpaired) electrons. The van der Waals surface area contributed by atoms with Crippen molar-refractivity contribution in [3.8, 4) is 0 Å². The average molecular weight is 350 g/mol. The Morgan fingerprint density at radius 2 is 2.00 bits per heavy atom. The molecule has 2 aromatic rings. The van der Waals surface area contributed by atoms with E-state index in [1.165, 1.54) is 11.3 Å². The predicted octanol–water partition coefficient (Wildman–Crippen LogP) is 3.64. The van der Waals surface area contributed by atoms with Crippen LogP contribution in [0.4, 0.5) is 4.79 Å². The van der Waals surface area contributed by atoms with Crippen LogP contribution in [0.15, 0.2) is 24.3 Å². The van der Waals surface area contributed by atoms with Crippen molar-refractivity contribution in [2.24, 2.45) is 0 Å². The van der Waals surface area contributed by atoms with E-state index in [-0.39, 0.29) is 19.0 Å². The van der Waals surface area contributed by atoms with Gasteiger partial charge < -0.3 is 14.8 Å². The van der Waals surface area contributed by atoms with Crippen molar-refractivity contribution in [1.82, 2.24) is 10.3 Å². The highest BCUT2D eigenvalue weighted by atomic mass is 32.1. The Balaban J connectivity index is 1.64. The molecule has 0 saturated carbocycles. The second kappa shape index (κ2) is 8.10. The maximum Gasteiger partial charge on any atom is 0.407 e. The van der Waals surface area contributed by atoms with Gasteiger partial charge in [0.05, 0.1) is 10.2 Å². The number of fused-ring (bicyclic) bond motifs is 1. The fourth-order valence-electron chi connectivity index (χ4n) is 1.93. The first-order chi connectivity index (χ1) is 11.3. The van der Waals surface area contributed by atoms with Gasteiger partial charge in [-0.05, 0) is 39.3 Å². The van der Waals surface area contributed by atoms with Crippen LogP contribution in [0, 0.1) is 0 Å². The molecule has 0 aliphatic rings. The fourth-order valence-corrected chi connectivity index (χ4v) is 2.81. The molecular formula is C17H22N2O4S. The largest absolute Gasteiger partial charge is 0.458 e. The molecule has 0 fully saturated rings. The Morgan fingerprint density at radius 3 is 2.71 bits per heavy atom. The van der Waals surface area contributed by atoms with Gasteiger partial charge in [-0.25, -0.2) is 9.78 Å². The van der Waals surface area contributed by atoms with Crippen molar-refractivity contribution >= 4 is 33.6 Å². The zero-order valence-electron chi connectivity index (χ0n) is 14.1. The van der Waals surface area contributed by atoms with Crippen molar-refractivity contribution in [2.45, 2.75) is 45.8 Å². The van der Waals surface area contributed by atoms with Gasteiger partial charge in [0.25, 0.3) is 0 Å².